The zero-order valence-electron chi connectivity index (χ0n) is 15.4. The molecule has 2 atom stereocenters. The average molecular weight is 336 g/mol. The molecular formula is C17H33LiN2O4. The van der Waals surface area contributed by atoms with Crippen LogP contribution in [0.2, 0.25) is 0 Å². The second kappa shape index (κ2) is 9.60. The normalized spacial score (nSPS) is 16.3. The molecule has 7 heteroatoms. The number of carbonyl (C=O) groups is 3. The molecule has 0 aromatic heterocycles. The van der Waals surface area contributed by atoms with E-state index in [9.17, 15) is 19.5 Å². The molecule has 136 valence electrons. The van der Waals surface area contributed by atoms with Gasteiger partial charge in [-0.25, -0.2) is 0 Å². The molecule has 1 amide bonds. The number of rotatable bonds is 9. The van der Waals surface area contributed by atoms with Gasteiger partial charge in [0.05, 0.1) is 5.54 Å². The first-order valence-corrected chi connectivity index (χ1v) is 8.14. The Kier molecular flexibility index (Phi) is 10.2. The third-order valence-corrected chi connectivity index (χ3v) is 4.61. The van der Waals surface area contributed by atoms with Gasteiger partial charge in [-0.3, -0.25) is 14.4 Å². The molecule has 0 radical (unpaired) electrons. The molecule has 0 aliphatic carbocycles. The van der Waals surface area contributed by atoms with Crippen molar-refractivity contribution in [1.82, 2.24) is 5.32 Å². The van der Waals surface area contributed by atoms with Crippen LogP contribution >= 0.6 is 0 Å². The Labute approximate surface area is 157 Å². The molecule has 0 fully saturated rings. The Morgan fingerprint density at radius 1 is 1.04 bits per heavy atom. The van der Waals surface area contributed by atoms with E-state index in [0.29, 0.717) is 6.42 Å². The predicted octanol–water partition coefficient (Wildman–Crippen LogP) is 1.31. The van der Waals surface area contributed by atoms with Gasteiger partial charge in [-0.1, -0.05) is 41.5 Å². The van der Waals surface area contributed by atoms with Crippen LogP contribution in [0.15, 0.2) is 0 Å². The molecule has 0 heterocycles. The maximum absolute atomic E-state index is 12.8. The number of carbonyl (C=O) groups excluding carboxylic acids is 2. The van der Waals surface area contributed by atoms with Gasteiger partial charge in [0.1, 0.15) is 5.54 Å². The summed E-state index contributed by atoms with van der Waals surface area (Å²) in [5, 5.41) is 12.2. The van der Waals surface area contributed by atoms with Crippen molar-refractivity contribution in [2.24, 2.45) is 23.5 Å². The van der Waals surface area contributed by atoms with Gasteiger partial charge in [0.2, 0.25) is 5.91 Å². The molecule has 4 N–H and O–H groups in total. The number of hydrogen-bond acceptors (Lipinski definition) is 4. The van der Waals surface area contributed by atoms with Gasteiger partial charge < -0.3 is 16.2 Å². The van der Waals surface area contributed by atoms with Gasteiger partial charge in [-0.15, -0.1) is 0 Å². The number of hydrogen-bond donors (Lipinski definition) is 3. The van der Waals surface area contributed by atoms with Crippen molar-refractivity contribution in [2.75, 3.05) is 0 Å². The predicted molar refractivity (Wildman–Crippen MR) is 97.0 cm³/mol. The van der Waals surface area contributed by atoms with Crippen LogP contribution in [0, 0.1) is 17.8 Å². The summed E-state index contributed by atoms with van der Waals surface area (Å²) in [4.78, 5) is 36.4. The number of amides is 1. The quantitative estimate of drug-likeness (QED) is 0.550. The number of carboxylic acids is 1. The fourth-order valence-electron chi connectivity index (χ4n) is 2.22. The van der Waals surface area contributed by atoms with Gasteiger partial charge in [-0.05, 0) is 24.7 Å². The van der Waals surface area contributed by atoms with Crippen LogP contribution in [0.3, 0.4) is 0 Å². The monoisotopic (exact) mass is 336 g/mol. The molecule has 0 saturated heterocycles. The van der Waals surface area contributed by atoms with E-state index >= 15 is 0 Å². The number of nitrogens with two attached hydrogens (primary N) is 1. The van der Waals surface area contributed by atoms with Crippen LogP contribution in [-0.2, 0) is 14.4 Å². The summed E-state index contributed by atoms with van der Waals surface area (Å²) in [5.74, 6) is -2.21. The van der Waals surface area contributed by atoms with E-state index < -0.39 is 23.0 Å². The summed E-state index contributed by atoms with van der Waals surface area (Å²) in [6, 6.07) is 0. The molecule has 0 aromatic rings. The summed E-state index contributed by atoms with van der Waals surface area (Å²) in [6.07, 6.45) is -0.0108. The van der Waals surface area contributed by atoms with Crippen molar-refractivity contribution in [3.8, 4) is 0 Å². The summed E-state index contributed by atoms with van der Waals surface area (Å²) in [6.45, 7) is 12.5. The number of nitrogens with one attached hydrogen (secondary N) is 1. The Morgan fingerprint density at radius 3 is 1.79 bits per heavy atom. The summed E-state index contributed by atoms with van der Waals surface area (Å²) < 4.78 is 0. The van der Waals surface area contributed by atoms with E-state index in [2.05, 4.69) is 5.32 Å². The van der Waals surface area contributed by atoms with Crippen molar-refractivity contribution in [3.05, 3.63) is 0 Å². The number of aliphatic carboxylic acids is 1. The van der Waals surface area contributed by atoms with E-state index in [1.165, 1.54) is 0 Å². The summed E-state index contributed by atoms with van der Waals surface area (Å²) in [5.41, 5.74) is 3.18. The van der Waals surface area contributed by atoms with E-state index in [1.54, 1.807) is 20.8 Å². The van der Waals surface area contributed by atoms with Crippen LogP contribution < -0.4 is 11.1 Å². The van der Waals surface area contributed by atoms with E-state index in [1.807, 2.05) is 27.7 Å². The number of carboxylic acid groups (broad SMARTS) is 1. The molecule has 0 saturated carbocycles. The first kappa shape index (κ1) is 25.4. The van der Waals surface area contributed by atoms with Crippen molar-refractivity contribution >= 4 is 36.5 Å². The van der Waals surface area contributed by atoms with E-state index in [0.717, 1.165) is 0 Å². The fourth-order valence-corrected chi connectivity index (χ4v) is 2.22. The average Bonchev–Trinajstić information content (AvgIpc) is 2.36. The van der Waals surface area contributed by atoms with E-state index in [-0.39, 0.29) is 48.8 Å². The van der Waals surface area contributed by atoms with Gasteiger partial charge in [0, 0.05) is 12.8 Å². The molecular weight excluding hydrogens is 303 g/mol. The Balaban J connectivity index is 0. The minimum absolute atomic E-state index is 0. The Bertz CT molecular complexity index is 466. The van der Waals surface area contributed by atoms with Crippen LogP contribution in [0.25, 0.3) is 0 Å². The molecule has 0 spiro atoms. The Morgan fingerprint density at radius 2 is 1.50 bits per heavy atom. The van der Waals surface area contributed by atoms with Crippen LogP contribution in [0.1, 0.15) is 61.3 Å². The SMILES string of the molecule is CC(C)CC(=O)NC(C)(C(=O)CC(N)(C(=O)O)C(C)C)C(C)C.[LiH]. The molecule has 0 bridgehead atoms. The maximum atomic E-state index is 12.8. The number of Topliss-reactive ketones (excluding diaryl/α,β-unsaturated/α-hetero) is 1. The van der Waals surface area contributed by atoms with Gasteiger partial charge in [0.15, 0.2) is 5.78 Å². The van der Waals surface area contributed by atoms with Crippen molar-refractivity contribution in [3.63, 3.8) is 0 Å². The molecule has 24 heavy (non-hydrogen) atoms. The van der Waals surface area contributed by atoms with Crippen LogP contribution in [-0.4, -0.2) is 52.7 Å². The molecule has 0 aliphatic rings. The topological polar surface area (TPSA) is 109 Å². The minimum atomic E-state index is -1.64. The molecule has 2 unspecified atom stereocenters. The van der Waals surface area contributed by atoms with Crippen molar-refractivity contribution in [2.45, 2.75) is 72.4 Å². The molecule has 0 aromatic carbocycles. The van der Waals surface area contributed by atoms with Crippen LogP contribution in [0.4, 0.5) is 0 Å². The summed E-state index contributed by atoms with van der Waals surface area (Å²) >= 11 is 0. The molecule has 0 aliphatic heterocycles. The molecule has 6 nitrogen and oxygen atoms in total. The second-order valence-electron chi connectivity index (χ2n) is 7.60. The fraction of sp³-hybridized carbons (Fsp3) is 0.824. The first-order chi connectivity index (χ1) is 10.3. The molecule has 0 rings (SSSR count). The van der Waals surface area contributed by atoms with Gasteiger partial charge in [-0.2, -0.15) is 0 Å². The third-order valence-electron chi connectivity index (χ3n) is 4.61. The second-order valence-corrected chi connectivity index (χ2v) is 7.60. The third kappa shape index (κ3) is 6.23. The van der Waals surface area contributed by atoms with E-state index in [4.69, 9.17) is 5.73 Å². The van der Waals surface area contributed by atoms with Crippen molar-refractivity contribution < 1.29 is 19.5 Å². The zero-order chi connectivity index (χ0) is 18.6. The first-order valence-electron chi connectivity index (χ1n) is 8.14. The van der Waals surface area contributed by atoms with Crippen molar-refractivity contribution in [1.29, 1.82) is 0 Å². The van der Waals surface area contributed by atoms with Gasteiger partial charge >= 0.3 is 24.8 Å². The summed E-state index contributed by atoms with van der Waals surface area (Å²) in [7, 11) is 0. The standard InChI is InChI=1S/C17H32N2O4.Li.H/c1-10(2)8-14(21)19-16(7,11(3)4)13(20)9-17(18,12(5)6)15(22)23;;/h10-12H,8-9,18H2,1-7H3,(H,19,21)(H,22,23);;. The zero-order valence-corrected chi connectivity index (χ0v) is 15.4. The van der Waals surface area contributed by atoms with Crippen LogP contribution in [0.5, 0.6) is 0 Å². The van der Waals surface area contributed by atoms with Gasteiger partial charge in [0.25, 0.3) is 0 Å². The number of ketones is 1. The Hall–Kier alpha value is -0.833.